The van der Waals surface area contributed by atoms with Crippen LogP contribution in [0.15, 0.2) is 42.5 Å². The summed E-state index contributed by atoms with van der Waals surface area (Å²) in [6.07, 6.45) is 4.81. The topological polar surface area (TPSA) is 29.5 Å². The maximum atomic E-state index is 13.7. The van der Waals surface area contributed by atoms with Crippen molar-refractivity contribution in [2.45, 2.75) is 71.1 Å². The standard InChI is InChI=1S/C27H34F2O2S/c1-3-4-5-8-21-9-12-24(20(2)17-21)26-18-22-10-11-23(19-25(22)32-26)31-16-7-14-27(28,29)13-6-15-30/h9-12,17-19,30H,3-8,13-16H2,1-2H3. The van der Waals surface area contributed by atoms with Gasteiger partial charge >= 0.3 is 0 Å². The van der Waals surface area contributed by atoms with Gasteiger partial charge in [-0.1, -0.05) is 38.0 Å². The number of thiophene rings is 1. The highest BCUT2D eigenvalue weighted by molar-refractivity contribution is 7.22. The van der Waals surface area contributed by atoms with E-state index in [1.165, 1.54) is 46.2 Å². The van der Waals surface area contributed by atoms with Crippen LogP contribution in [0.25, 0.3) is 20.5 Å². The second kappa shape index (κ2) is 11.8. The summed E-state index contributed by atoms with van der Waals surface area (Å²) in [5, 5.41) is 9.89. The lowest BCUT2D eigenvalue weighted by molar-refractivity contribution is -0.0254. The molecule has 0 amide bonds. The van der Waals surface area contributed by atoms with Crippen LogP contribution in [-0.4, -0.2) is 24.2 Å². The molecule has 1 heterocycles. The fourth-order valence-electron chi connectivity index (χ4n) is 3.95. The number of fused-ring (bicyclic) bond motifs is 1. The summed E-state index contributed by atoms with van der Waals surface area (Å²) < 4.78 is 34.2. The van der Waals surface area contributed by atoms with Gasteiger partial charge in [-0.05, 0) is 78.9 Å². The molecule has 5 heteroatoms. The van der Waals surface area contributed by atoms with Crippen molar-refractivity contribution in [3.8, 4) is 16.2 Å². The third-order valence-corrected chi connectivity index (χ3v) is 6.90. The molecular weight excluding hydrogens is 426 g/mol. The molecule has 0 atom stereocenters. The summed E-state index contributed by atoms with van der Waals surface area (Å²) in [6, 6.07) is 14.9. The maximum Gasteiger partial charge on any atom is 0.248 e. The van der Waals surface area contributed by atoms with E-state index in [9.17, 15) is 8.78 Å². The predicted molar refractivity (Wildman–Crippen MR) is 131 cm³/mol. The van der Waals surface area contributed by atoms with E-state index in [0.717, 1.165) is 11.1 Å². The first-order valence-electron chi connectivity index (χ1n) is 11.7. The molecule has 3 rings (SSSR count). The number of hydrogen-bond acceptors (Lipinski definition) is 3. The van der Waals surface area contributed by atoms with Gasteiger partial charge in [0.1, 0.15) is 5.75 Å². The number of halogens is 2. The molecule has 1 aromatic heterocycles. The third kappa shape index (κ3) is 7.01. The first-order chi connectivity index (χ1) is 15.4. The molecular formula is C27H34F2O2S. The normalized spacial score (nSPS) is 11.9. The molecule has 3 aromatic rings. The second-order valence-electron chi connectivity index (χ2n) is 8.55. The van der Waals surface area contributed by atoms with Crippen LogP contribution in [0, 0.1) is 6.92 Å². The van der Waals surface area contributed by atoms with Crippen LogP contribution >= 0.6 is 11.3 Å². The Balaban J connectivity index is 1.61. The molecule has 0 radical (unpaired) electrons. The number of rotatable bonds is 13. The van der Waals surface area contributed by atoms with Gasteiger partial charge in [-0.15, -0.1) is 11.3 Å². The Morgan fingerprint density at radius 3 is 2.53 bits per heavy atom. The smallest absolute Gasteiger partial charge is 0.248 e. The third-order valence-electron chi connectivity index (χ3n) is 5.77. The van der Waals surface area contributed by atoms with E-state index in [-0.39, 0.29) is 38.9 Å². The minimum atomic E-state index is -2.73. The van der Waals surface area contributed by atoms with Crippen molar-refractivity contribution in [3.05, 3.63) is 53.6 Å². The average molecular weight is 461 g/mol. The van der Waals surface area contributed by atoms with E-state index in [1.807, 2.05) is 18.2 Å². The highest BCUT2D eigenvalue weighted by Gasteiger charge is 2.27. The van der Waals surface area contributed by atoms with Gasteiger partial charge in [0, 0.05) is 29.0 Å². The Morgan fingerprint density at radius 1 is 0.969 bits per heavy atom. The molecule has 0 unspecified atom stereocenters. The molecule has 0 fully saturated rings. The van der Waals surface area contributed by atoms with Crippen LogP contribution in [0.4, 0.5) is 8.78 Å². The van der Waals surface area contributed by atoms with Gasteiger partial charge in [-0.3, -0.25) is 0 Å². The lowest BCUT2D eigenvalue weighted by Gasteiger charge is -2.15. The molecule has 174 valence electrons. The van der Waals surface area contributed by atoms with Gasteiger partial charge in [0.2, 0.25) is 5.92 Å². The molecule has 0 saturated heterocycles. The molecule has 0 saturated carbocycles. The van der Waals surface area contributed by atoms with Crippen LogP contribution in [0.3, 0.4) is 0 Å². The van der Waals surface area contributed by atoms with E-state index >= 15 is 0 Å². The summed E-state index contributed by atoms with van der Waals surface area (Å²) in [4.78, 5) is 1.23. The van der Waals surface area contributed by atoms with Gasteiger partial charge in [0.25, 0.3) is 0 Å². The first kappa shape index (κ1) is 24.7. The molecule has 0 spiro atoms. The summed E-state index contributed by atoms with van der Waals surface area (Å²) in [5.74, 6) is -2.02. The van der Waals surface area contributed by atoms with E-state index in [1.54, 1.807) is 11.3 Å². The van der Waals surface area contributed by atoms with Crippen LogP contribution in [0.1, 0.15) is 63.0 Å². The zero-order chi connectivity index (χ0) is 23.0. The number of aliphatic hydroxyl groups excluding tert-OH is 1. The predicted octanol–water partition coefficient (Wildman–Crippen LogP) is 8.18. The molecule has 2 aromatic carbocycles. The van der Waals surface area contributed by atoms with Gasteiger partial charge in [-0.2, -0.15) is 0 Å². The van der Waals surface area contributed by atoms with E-state index in [0.29, 0.717) is 5.75 Å². The Hall–Kier alpha value is -1.98. The average Bonchev–Trinajstić information content (AvgIpc) is 3.19. The zero-order valence-corrected chi connectivity index (χ0v) is 19.9. The van der Waals surface area contributed by atoms with Crippen molar-refractivity contribution in [3.63, 3.8) is 0 Å². The van der Waals surface area contributed by atoms with Crippen LogP contribution in [0.2, 0.25) is 0 Å². The van der Waals surface area contributed by atoms with Crippen molar-refractivity contribution in [1.29, 1.82) is 0 Å². The van der Waals surface area contributed by atoms with Gasteiger partial charge in [0.05, 0.1) is 6.61 Å². The van der Waals surface area contributed by atoms with Crippen molar-refractivity contribution in [2.24, 2.45) is 0 Å². The number of aliphatic hydroxyl groups is 1. The summed E-state index contributed by atoms with van der Waals surface area (Å²) >= 11 is 1.73. The minimum absolute atomic E-state index is 0.131. The molecule has 0 aliphatic heterocycles. The van der Waals surface area contributed by atoms with Crippen molar-refractivity contribution in [2.75, 3.05) is 13.2 Å². The Morgan fingerprint density at radius 2 is 1.78 bits per heavy atom. The molecule has 0 aliphatic carbocycles. The van der Waals surface area contributed by atoms with Crippen LogP contribution in [0.5, 0.6) is 5.75 Å². The highest BCUT2D eigenvalue weighted by atomic mass is 32.1. The molecule has 0 bridgehead atoms. The Kier molecular flexibility index (Phi) is 9.06. The largest absolute Gasteiger partial charge is 0.494 e. The van der Waals surface area contributed by atoms with Gasteiger partial charge in [0.15, 0.2) is 0 Å². The number of hydrogen-bond donors (Lipinski definition) is 1. The zero-order valence-electron chi connectivity index (χ0n) is 19.1. The quantitative estimate of drug-likeness (QED) is 0.261. The van der Waals surface area contributed by atoms with E-state index in [4.69, 9.17) is 9.84 Å². The SMILES string of the molecule is CCCCCc1ccc(-c2cc3ccc(OCCCC(F)(F)CCCO)cc3s2)c(C)c1. The number of benzene rings is 2. The van der Waals surface area contributed by atoms with E-state index < -0.39 is 5.92 Å². The van der Waals surface area contributed by atoms with Gasteiger partial charge < -0.3 is 9.84 Å². The lowest BCUT2D eigenvalue weighted by atomic mass is 10.00. The highest BCUT2D eigenvalue weighted by Crippen LogP contribution is 2.37. The van der Waals surface area contributed by atoms with Gasteiger partial charge in [-0.25, -0.2) is 8.78 Å². The fourth-order valence-corrected chi connectivity index (χ4v) is 5.14. The number of alkyl halides is 2. The Bertz CT molecular complexity index is 996. The summed E-state index contributed by atoms with van der Waals surface area (Å²) in [6.45, 7) is 4.47. The molecule has 2 nitrogen and oxygen atoms in total. The number of ether oxygens (including phenoxy) is 1. The van der Waals surface area contributed by atoms with Crippen LogP contribution < -0.4 is 4.74 Å². The van der Waals surface area contributed by atoms with Crippen molar-refractivity contribution >= 4 is 21.4 Å². The summed E-state index contributed by atoms with van der Waals surface area (Å²) in [7, 11) is 0. The van der Waals surface area contributed by atoms with Crippen molar-refractivity contribution in [1.82, 2.24) is 0 Å². The fraction of sp³-hybridized carbons (Fsp3) is 0.481. The summed E-state index contributed by atoms with van der Waals surface area (Å²) in [5.41, 5.74) is 3.96. The number of aryl methyl sites for hydroxylation is 2. The monoisotopic (exact) mass is 460 g/mol. The first-order valence-corrected chi connectivity index (χ1v) is 12.5. The Labute approximate surface area is 194 Å². The van der Waals surface area contributed by atoms with E-state index in [2.05, 4.69) is 38.1 Å². The molecule has 0 aliphatic rings. The van der Waals surface area contributed by atoms with Crippen molar-refractivity contribution < 1.29 is 18.6 Å². The molecule has 32 heavy (non-hydrogen) atoms. The van der Waals surface area contributed by atoms with Crippen LogP contribution in [-0.2, 0) is 6.42 Å². The number of unbranched alkanes of at least 4 members (excludes halogenated alkanes) is 2. The minimum Gasteiger partial charge on any atom is -0.494 e. The second-order valence-corrected chi connectivity index (χ2v) is 9.64. The molecule has 1 N–H and O–H groups in total. The lowest BCUT2D eigenvalue weighted by Crippen LogP contribution is -2.17. The maximum absolute atomic E-state index is 13.7.